The third-order valence-electron chi connectivity index (χ3n) is 2.82. The van der Waals surface area contributed by atoms with E-state index in [1.807, 2.05) is 17.5 Å². The molecule has 0 saturated heterocycles. The molecule has 0 aliphatic heterocycles. The van der Waals surface area contributed by atoms with Crippen LogP contribution in [0.5, 0.6) is 0 Å². The molecule has 0 atom stereocenters. The van der Waals surface area contributed by atoms with Crippen molar-refractivity contribution in [3.05, 3.63) is 28.6 Å². The molecule has 2 aromatic heterocycles. The zero-order valence-electron chi connectivity index (χ0n) is 11.4. The second-order valence-electron chi connectivity index (χ2n) is 4.48. The SMILES string of the molecule is O=C(O)CCCCCNC(=O)c1csc(-c2cccs2)n1. The average molecular weight is 324 g/mol. The van der Waals surface area contributed by atoms with Crippen LogP contribution in [-0.2, 0) is 4.79 Å². The van der Waals surface area contributed by atoms with Crippen LogP contribution >= 0.6 is 22.7 Å². The molecule has 0 unspecified atom stereocenters. The Labute approximate surface area is 130 Å². The number of aliphatic carboxylic acids is 1. The maximum atomic E-state index is 11.9. The predicted molar refractivity (Wildman–Crippen MR) is 83.9 cm³/mol. The molecule has 0 bridgehead atoms. The standard InChI is InChI=1S/C14H16N2O3S2/c17-12(18)6-2-1-3-7-15-13(19)10-9-21-14(16-10)11-5-4-8-20-11/h4-5,8-9H,1-3,6-7H2,(H,15,19)(H,17,18). The number of rotatable bonds is 8. The monoisotopic (exact) mass is 324 g/mol. The second-order valence-corrected chi connectivity index (χ2v) is 6.28. The molecule has 0 aliphatic rings. The number of nitrogens with one attached hydrogen (secondary N) is 1. The quantitative estimate of drug-likeness (QED) is 0.731. The first-order valence-corrected chi connectivity index (χ1v) is 8.42. The Morgan fingerprint density at radius 1 is 1.24 bits per heavy atom. The summed E-state index contributed by atoms with van der Waals surface area (Å²) in [6, 6.07) is 3.94. The van der Waals surface area contributed by atoms with Gasteiger partial charge in [-0.15, -0.1) is 22.7 Å². The van der Waals surface area contributed by atoms with E-state index in [1.54, 1.807) is 16.7 Å². The highest BCUT2D eigenvalue weighted by Crippen LogP contribution is 2.27. The molecule has 2 rings (SSSR count). The molecule has 0 aliphatic carbocycles. The highest BCUT2D eigenvalue weighted by Gasteiger charge is 2.11. The van der Waals surface area contributed by atoms with Crippen LogP contribution in [0.15, 0.2) is 22.9 Å². The van der Waals surface area contributed by atoms with Gasteiger partial charge in [0.25, 0.3) is 5.91 Å². The Morgan fingerprint density at radius 2 is 2.10 bits per heavy atom. The van der Waals surface area contributed by atoms with Crippen molar-refractivity contribution in [1.82, 2.24) is 10.3 Å². The van der Waals surface area contributed by atoms with E-state index >= 15 is 0 Å². The molecular weight excluding hydrogens is 308 g/mol. The van der Waals surface area contributed by atoms with Gasteiger partial charge in [0.2, 0.25) is 0 Å². The van der Waals surface area contributed by atoms with Crippen molar-refractivity contribution in [2.45, 2.75) is 25.7 Å². The van der Waals surface area contributed by atoms with Gasteiger partial charge in [-0.05, 0) is 24.3 Å². The normalized spacial score (nSPS) is 10.5. The van der Waals surface area contributed by atoms with Gasteiger partial charge in [0.05, 0.1) is 4.88 Å². The lowest BCUT2D eigenvalue weighted by molar-refractivity contribution is -0.137. The second kappa shape index (κ2) is 7.90. The number of carboxylic acids is 1. The number of hydrogen-bond acceptors (Lipinski definition) is 5. The molecule has 112 valence electrons. The largest absolute Gasteiger partial charge is 0.481 e. The Hall–Kier alpha value is -1.73. The number of nitrogens with zero attached hydrogens (tertiary/aromatic N) is 1. The number of carbonyl (C=O) groups excluding carboxylic acids is 1. The summed E-state index contributed by atoms with van der Waals surface area (Å²) in [6.45, 7) is 0.546. The first kappa shape index (κ1) is 15.7. The van der Waals surface area contributed by atoms with Gasteiger partial charge < -0.3 is 10.4 Å². The molecule has 2 heterocycles. The van der Waals surface area contributed by atoms with E-state index in [1.165, 1.54) is 11.3 Å². The lowest BCUT2D eigenvalue weighted by Crippen LogP contribution is -2.24. The van der Waals surface area contributed by atoms with Crippen LogP contribution in [0.25, 0.3) is 9.88 Å². The first-order valence-electron chi connectivity index (χ1n) is 6.66. The molecule has 0 fully saturated rings. The Morgan fingerprint density at radius 3 is 2.81 bits per heavy atom. The molecule has 5 nitrogen and oxygen atoms in total. The van der Waals surface area contributed by atoms with Crippen LogP contribution in [-0.4, -0.2) is 28.5 Å². The van der Waals surface area contributed by atoms with E-state index in [4.69, 9.17) is 5.11 Å². The summed E-state index contributed by atoms with van der Waals surface area (Å²) in [6.07, 6.45) is 2.40. The fourth-order valence-corrected chi connectivity index (χ4v) is 3.38. The minimum atomic E-state index is -0.775. The predicted octanol–water partition coefficient (Wildman–Crippen LogP) is 3.25. The molecule has 21 heavy (non-hydrogen) atoms. The van der Waals surface area contributed by atoms with Crippen molar-refractivity contribution in [2.75, 3.05) is 6.54 Å². The summed E-state index contributed by atoms with van der Waals surface area (Å²) in [5.41, 5.74) is 0.439. The first-order chi connectivity index (χ1) is 10.2. The van der Waals surface area contributed by atoms with E-state index in [0.29, 0.717) is 18.7 Å². The molecule has 7 heteroatoms. The molecule has 0 aromatic carbocycles. The van der Waals surface area contributed by atoms with Gasteiger partial charge in [0, 0.05) is 18.3 Å². The minimum absolute atomic E-state index is 0.174. The third-order valence-corrected chi connectivity index (χ3v) is 4.70. The molecule has 0 radical (unpaired) electrons. The van der Waals surface area contributed by atoms with Gasteiger partial charge in [0.1, 0.15) is 10.7 Å². The molecule has 1 amide bonds. The molecule has 0 spiro atoms. The van der Waals surface area contributed by atoms with E-state index in [0.717, 1.165) is 22.7 Å². The fourth-order valence-electron chi connectivity index (χ4n) is 1.76. The maximum absolute atomic E-state index is 11.9. The van der Waals surface area contributed by atoms with Gasteiger partial charge in [-0.2, -0.15) is 0 Å². The number of hydrogen-bond donors (Lipinski definition) is 2. The highest BCUT2D eigenvalue weighted by atomic mass is 32.1. The molecule has 2 N–H and O–H groups in total. The number of carbonyl (C=O) groups is 2. The summed E-state index contributed by atoms with van der Waals surface area (Å²) >= 11 is 3.06. The van der Waals surface area contributed by atoms with Crippen molar-refractivity contribution in [1.29, 1.82) is 0 Å². The zero-order valence-corrected chi connectivity index (χ0v) is 13.0. The smallest absolute Gasteiger partial charge is 0.303 e. The van der Waals surface area contributed by atoms with Crippen LogP contribution in [0, 0.1) is 0 Å². The minimum Gasteiger partial charge on any atom is -0.481 e. The van der Waals surface area contributed by atoms with Crippen LogP contribution in [0.1, 0.15) is 36.2 Å². The van der Waals surface area contributed by atoms with Gasteiger partial charge in [-0.1, -0.05) is 12.5 Å². The van der Waals surface area contributed by atoms with Crippen LogP contribution in [0.2, 0.25) is 0 Å². The zero-order chi connectivity index (χ0) is 15.1. The number of unbranched alkanes of at least 4 members (excludes halogenated alkanes) is 2. The third kappa shape index (κ3) is 4.95. The topological polar surface area (TPSA) is 79.3 Å². The summed E-state index contributed by atoms with van der Waals surface area (Å²) < 4.78 is 0. The average Bonchev–Trinajstić information content (AvgIpc) is 3.11. The number of aromatic nitrogens is 1. The summed E-state index contributed by atoms with van der Waals surface area (Å²) in [5, 5.41) is 15.9. The molecule has 2 aromatic rings. The Kier molecular flexibility index (Phi) is 5.89. The van der Waals surface area contributed by atoms with Gasteiger partial charge in [-0.25, -0.2) is 4.98 Å². The van der Waals surface area contributed by atoms with Gasteiger partial charge in [-0.3, -0.25) is 9.59 Å². The van der Waals surface area contributed by atoms with E-state index < -0.39 is 5.97 Å². The number of thiophene rings is 1. The summed E-state index contributed by atoms with van der Waals surface area (Å²) in [4.78, 5) is 27.7. The molecular formula is C14H16N2O3S2. The van der Waals surface area contributed by atoms with E-state index in [-0.39, 0.29) is 12.3 Å². The van der Waals surface area contributed by atoms with Crippen molar-refractivity contribution >= 4 is 34.6 Å². The van der Waals surface area contributed by atoms with Gasteiger partial charge >= 0.3 is 5.97 Å². The molecule has 0 saturated carbocycles. The number of carboxylic acid groups (broad SMARTS) is 1. The number of thiazole rings is 1. The van der Waals surface area contributed by atoms with Crippen molar-refractivity contribution < 1.29 is 14.7 Å². The summed E-state index contributed by atoms with van der Waals surface area (Å²) in [7, 11) is 0. The van der Waals surface area contributed by atoms with Crippen molar-refractivity contribution in [3.63, 3.8) is 0 Å². The van der Waals surface area contributed by atoms with Crippen LogP contribution in [0.3, 0.4) is 0 Å². The fraction of sp³-hybridized carbons (Fsp3) is 0.357. The Balaban J connectivity index is 1.73. The lowest BCUT2D eigenvalue weighted by atomic mass is 10.2. The number of amides is 1. The van der Waals surface area contributed by atoms with Crippen molar-refractivity contribution in [3.8, 4) is 9.88 Å². The lowest BCUT2D eigenvalue weighted by Gasteiger charge is -2.02. The highest BCUT2D eigenvalue weighted by molar-refractivity contribution is 7.20. The van der Waals surface area contributed by atoms with Gasteiger partial charge in [0.15, 0.2) is 0 Å². The van der Waals surface area contributed by atoms with Crippen molar-refractivity contribution in [2.24, 2.45) is 0 Å². The van der Waals surface area contributed by atoms with E-state index in [2.05, 4.69) is 10.3 Å². The maximum Gasteiger partial charge on any atom is 0.303 e. The Bertz CT molecular complexity index is 593. The van der Waals surface area contributed by atoms with E-state index in [9.17, 15) is 9.59 Å². The van der Waals surface area contributed by atoms with Crippen LogP contribution < -0.4 is 5.32 Å². The summed E-state index contributed by atoms with van der Waals surface area (Å²) in [5.74, 6) is -0.949. The van der Waals surface area contributed by atoms with Crippen LogP contribution in [0.4, 0.5) is 0 Å².